The number of fused-ring (bicyclic) bond motifs is 1. The second kappa shape index (κ2) is 6.11. The van der Waals surface area contributed by atoms with Gasteiger partial charge in [-0.25, -0.2) is 4.79 Å². The first-order chi connectivity index (χ1) is 10.2. The van der Waals surface area contributed by atoms with Crippen molar-refractivity contribution in [3.8, 4) is 0 Å². The lowest BCUT2D eigenvalue weighted by Gasteiger charge is -2.25. The summed E-state index contributed by atoms with van der Waals surface area (Å²) in [5.41, 5.74) is 1.73. The van der Waals surface area contributed by atoms with Crippen molar-refractivity contribution in [2.75, 3.05) is 32.8 Å². The molecule has 5 nitrogen and oxygen atoms in total. The van der Waals surface area contributed by atoms with Crippen molar-refractivity contribution in [2.24, 2.45) is 0 Å². The summed E-state index contributed by atoms with van der Waals surface area (Å²) in [6, 6.07) is 7.66. The van der Waals surface area contributed by atoms with Crippen LogP contribution in [0.5, 0.6) is 0 Å². The highest BCUT2D eigenvalue weighted by molar-refractivity contribution is 5.90. The van der Waals surface area contributed by atoms with Gasteiger partial charge in [-0.1, -0.05) is 24.3 Å². The highest BCUT2D eigenvalue weighted by Gasteiger charge is 2.08. The molecule has 1 fully saturated rings. The van der Waals surface area contributed by atoms with Crippen molar-refractivity contribution >= 4 is 23.1 Å². The lowest BCUT2D eigenvalue weighted by atomic mass is 10.1. The van der Waals surface area contributed by atoms with E-state index in [2.05, 4.69) is 11.0 Å². The normalized spacial score (nSPS) is 16.8. The molecule has 3 rings (SSSR count). The van der Waals surface area contributed by atoms with Crippen molar-refractivity contribution < 1.29 is 14.6 Å². The second-order valence-corrected chi connectivity index (χ2v) is 5.10. The smallest absolute Gasteiger partial charge is 0.415 e. The van der Waals surface area contributed by atoms with Crippen LogP contribution in [0.1, 0.15) is 5.56 Å². The van der Waals surface area contributed by atoms with Crippen LogP contribution in [0, 0.1) is 0 Å². The molecule has 110 valence electrons. The van der Waals surface area contributed by atoms with E-state index in [1.54, 1.807) is 6.20 Å². The highest BCUT2D eigenvalue weighted by Crippen LogP contribution is 2.18. The molecule has 1 aliphatic rings. The van der Waals surface area contributed by atoms with E-state index in [4.69, 9.17) is 9.84 Å². The molecule has 0 radical (unpaired) electrons. The Bertz CT molecular complexity index is 669. The first-order valence-electron chi connectivity index (χ1n) is 7.05. The van der Waals surface area contributed by atoms with Gasteiger partial charge in [0.25, 0.3) is 0 Å². The average Bonchev–Trinajstić information content (AvgIpc) is 2.92. The minimum absolute atomic E-state index is 0.719. The lowest BCUT2D eigenvalue weighted by molar-refractivity contribution is 0.0435. The molecule has 1 aliphatic heterocycles. The number of aromatic nitrogens is 1. The number of nitrogens with zero attached hydrogens (tertiary/aromatic N) is 2. The van der Waals surface area contributed by atoms with Gasteiger partial charge in [-0.15, -0.1) is 0 Å². The van der Waals surface area contributed by atoms with Gasteiger partial charge in [0.15, 0.2) is 0 Å². The van der Waals surface area contributed by atoms with Crippen LogP contribution in [0.3, 0.4) is 0 Å². The fourth-order valence-electron chi connectivity index (χ4n) is 2.54. The van der Waals surface area contributed by atoms with E-state index in [-0.39, 0.29) is 0 Å². The summed E-state index contributed by atoms with van der Waals surface area (Å²) in [7, 11) is 0. The number of hydrogen-bond acceptors (Lipinski definition) is 3. The molecule has 1 aromatic carbocycles. The summed E-state index contributed by atoms with van der Waals surface area (Å²) in [5.74, 6) is 0. The number of rotatable bonds is 3. The topological polar surface area (TPSA) is 54.7 Å². The SMILES string of the molecule is O=C(O)n1ccc2ccc(/C=C/CN3CCOCC3)cc21. The van der Waals surface area contributed by atoms with Gasteiger partial charge in [0.2, 0.25) is 0 Å². The molecular formula is C16H18N2O3. The lowest BCUT2D eigenvalue weighted by Crippen LogP contribution is -2.36. The predicted octanol–water partition coefficient (Wildman–Crippen LogP) is 2.51. The molecule has 21 heavy (non-hydrogen) atoms. The molecule has 0 aliphatic carbocycles. The third kappa shape index (κ3) is 3.15. The van der Waals surface area contributed by atoms with E-state index in [1.807, 2.05) is 30.3 Å². The Labute approximate surface area is 123 Å². The summed E-state index contributed by atoms with van der Waals surface area (Å²) < 4.78 is 6.56. The summed E-state index contributed by atoms with van der Waals surface area (Å²) in [4.78, 5) is 13.5. The van der Waals surface area contributed by atoms with Crippen LogP contribution in [0.15, 0.2) is 36.5 Å². The van der Waals surface area contributed by atoms with Gasteiger partial charge in [0.1, 0.15) is 0 Å². The molecule has 0 spiro atoms. The van der Waals surface area contributed by atoms with Crippen LogP contribution in [-0.4, -0.2) is 53.5 Å². The Hall–Kier alpha value is -2.11. The van der Waals surface area contributed by atoms with Gasteiger partial charge < -0.3 is 9.84 Å². The monoisotopic (exact) mass is 286 g/mol. The number of morpholine rings is 1. The Morgan fingerprint density at radius 2 is 2.10 bits per heavy atom. The van der Waals surface area contributed by atoms with E-state index >= 15 is 0 Å². The molecule has 5 heteroatoms. The first-order valence-corrected chi connectivity index (χ1v) is 7.05. The van der Waals surface area contributed by atoms with Crippen molar-refractivity contribution in [2.45, 2.75) is 0 Å². The van der Waals surface area contributed by atoms with Crippen LogP contribution in [0.2, 0.25) is 0 Å². The Balaban J connectivity index is 1.74. The fraction of sp³-hybridized carbons (Fsp3) is 0.312. The second-order valence-electron chi connectivity index (χ2n) is 5.10. The molecule has 0 atom stereocenters. The van der Waals surface area contributed by atoms with Crippen molar-refractivity contribution in [1.82, 2.24) is 9.47 Å². The molecule has 0 unspecified atom stereocenters. The third-order valence-corrected chi connectivity index (χ3v) is 3.70. The summed E-state index contributed by atoms with van der Waals surface area (Å²) in [6.07, 6.45) is 4.77. The molecular weight excluding hydrogens is 268 g/mol. The van der Waals surface area contributed by atoms with E-state index in [1.165, 1.54) is 4.57 Å². The largest absolute Gasteiger partial charge is 0.464 e. The van der Waals surface area contributed by atoms with E-state index < -0.39 is 6.09 Å². The minimum Gasteiger partial charge on any atom is -0.464 e. The molecule has 2 aromatic rings. The zero-order valence-electron chi connectivity index (χ0n) is 11.7. The molecule has 0 saturated carbocycles. The number of ether oxygens (including phenoxy) is 1. The predicted molar refractivity (Wildman–Crippen MR) is 81.7 cm³/mol. The van der Waals surface area contributed by atoms with Crippen molar-refractivity contribution in [1.29, 1.82) is 0 Å². The molecule has 0 bridgehead atoms. The van der Waals surface area contributed by atoms with Gasteiger partial charge in [0, 0.05) is 31.2 Å². The average molecular weight is 286 g/mol. The van der Waals surface area contributed by atoms with Crippen LogP contribution >= 0.6 is 0 Å². The van der Waals surface area contributed by atoms with Crippen LogP contribution in [0.4, 0.5) is 4.79 Å². The summed E-state index contributed by atoms with van der Waals surface area (Å²) in [6.45, 7) is 4.41. The van der Waals surface area contributed by atoms with Gasteiger partial charge in [-0.05, 0) is 17.7 Å². The first kappa shape index (κ1) is 13.9. The quantitative estimate of drug-likeness (QED) is 0.942. The van der Waals surface area contributed by atoms with E-state index in [0.717, 1.165) is 49.3 Å². The molecule has 1 N–H and O–H groups in total. The maximum absolute atomic E-state index is 11.1. The fourth-order valence-corrected chi connectivity index (χ4v) is 2.54. The summed E-state index contributed by atoms with van der Waals surface area (Å²) in [5, 5.41) is 10.1. The van der Waals surface area contributed by atoms with Crippen molar-refractivity contribution in [3.63, 3.8) is 0 Å². The Morgan fingerprint density at radius 1 is 1.29 bits per heavy atom. The highest BCUT2D eigenvalue weighted by atomic mass is 16.5. The van der Waals surface area contributed by atoms with E-state index in [0.29, 0.717) is 0 Å². The van der Waals surface area contributed by atoms with Gasteiger partial charge in [-0.2, -0.15) is 0 Å². The number of hydrogen-bond donors (Lipinski definition) is 1. The number of carbonyl (C=O) groups is 1. The maximum Gasteiger partial charge on any atom is 0.415 e. The van der Waals surface area contributed by atoms with Crippen LogP contribution in [-0.2, 0) is 4.74 Å². The molecule has 0 amide bonds. The van der Waals surface area contributed by atoms with Gasteiger partial charge in [0.05, 0.1) is 18.7 Å². The molecule has 1 saturated heterocycles. The third-order valence-electron chi connectivity index (χ3n) is 3.70. The zero-order valence-corrected chi connectivity index (χ0v) is 11.7. The molecule has 1 aromatic heterocycles. The van der Waals surface area contributed by atoms with Crippen LogP contribution in [0.25, 0.3) is 17.0 Å². The number of benzene rings is 1. The van der Waals surface area contributed by atoms with Gasteiger partial charge in [-0.3, -0.25) is 9.47 Å². The zero-order chi connectivity index (χ0) is 14.7. The van der Waals surface area contributed by atoms with E-state index in [9.17, 15) is 4.79 Å². The summed E-state index contributed by atoms with van der Waals surface area (Å²) >= 11 is 0. The minimum atomic E-state index is -0.959. The Kier molecular flexibility index (Phi) is 4.03. The molecule has 2 heterocycles. The maximum atomic E-state index is 11.1. The standard InChI is InChI=1S/C16H18N2O3/c19-16(20)18-7-5-14-4-3-13(12-15(14)18)2-1-6-17-8-10-21-11-9-17/h1-5,7,12H,6,8-11H2,(H,19,20)/b2-1+. The number of carboxylic acid groups (broad SMARTS) is 1. The van der Waals surface area contributed by atoms with Crippen molar-refractivity contribution in [3.05, 3.63) is 42.1 Å². The van der Waals surface area contributed by atoms with Crippen LogP contribution < -0.4 is 0 Å². The van der Waals surface area contributed by atoms with Gasteiger partial charge >= 0.3 is 6.09 Å². The Morgan fingerprint density at radius 3 is 2.86 bits per heavy atom.